The van der Waals surface area contributed by atoms with Crippen LogP contribution in [0.15, 0.2) is 0 Å². The first kappa shape index (κ1) is 11.4. The normalized spacial score (nSPS) is 11.2. The average Bonchev–Trinajstić information content (AvgIpc) is 1.91. The van der Waals surface area contributed by atoms with Crippen LogP contribution in [0.25, 0.3) is 0 Å². The van der Waals surface area contributed by atoms with Crippen molar-refractivity contribution in [3.05, 3.63) is 0 Å². The first-order valence-corrected chi connectivity index (χ1v) is 3.15. The van der Waals surface area contributed by atoms with Gasteiger partial charge in [0.05, 0.1) is 6.04 Å². The molecule has 0 aliphatic carbocycles. The molecule has 0 rings (SSSR count). The molecule has 3 nitrogen and oxygen atoms in total. The van der Waals surface area contributed by atoms with Crippen molar-refractivity contribution in [3.63, 3.8) is 0 Å². The van der Waals surface area contributed by atoms with Gasteiger partial charge < -0.3 is 0 Å². The Bertz CT molecular complexity index is 73.5. The summed E-state index contributed by atoms with van der Waals surface area (Å²) in [7, 11) is 0. The van der Waals surface area contributed by atoms with Crippen LogP contribution in [0.3, 0.4) is 0 Å². The topological polar surface area (TPSA) is 55.1 Å². The van der Waals surface area contributed by atoms with E-state index in [1.165, 1.54) is 6.92 Å². The summed E-state index contributed by atoms with van der Waals surface area (Å²) in [4.78, 5) is 10.2. The van der Waals surface area contributed by atoms with E-state index in [1.807, 2.05) is 13.8 Å². The number of hydrogen-bond acceptors (Lipinski definition) is 3. The minimum absolute atomic E-state index is 0.0579. The lowest BCUT2D eigenvalue weighted by molar-refractivity contribution is -0.118. The fourth-order valence-electron chi connectivity index (χ4n) is 0.117. The van der Waals surface area contributed by atoms with Crippen molar-refractivity contribution >= 4 is 5.78 Å². The second-order valence-electron chi connectivity index (χ2n) is 1.50. The molecule has 56 valence electrons. The summed E-state index contributed by atoms with van der Waals surface area (Å²) < 4.78 is 0. The predicted molar refractivity (Wildman–Crippen MR) is 38.8 cm³/mol. The van der Waals surface area contributed by atoms with Crippen LogP contribution in [0.4, 0.5) is 0 Å². The molecule has 3 N–H and O–H groups in total. The summed E-state index contributed by atoms with van der Waals surface area (Å²) in [6.07, 6.45) is 0. The van der Waals surface area contributed by atoms with E-state index in [0.717, 1.165) is 0 Å². The summed E-state index contributed by atoms with van der Waals surface area (Å²) in [6.45, 7) is 7.20. The highest BCUT2D eigenvalue weighted by Gasteiger charge is 2.00. The monoisotopic (exact) mass is 132 g/mol. The zero-order valence-corrected chi connectivity index (χ0v) is 6.56. The van der Waals surface area contributed by atoms with Crippen LogP contribution in [0.5, 0.6) is 0 Å². The van der Waals surface area contributed by atoms with E-state index >= 15 is 0 Å². The SMILES string of the molecule is CC.CC(=O)C(C)NN. The summed E-state index contributed by atoms with van der Waals surface area (Å²) >= 11 is 0. The van der Waals surface area contributed by atoms with Gasteiger partial charge in [0, 0.05) is 0 Å². The molecule has 0 spiro atoms. The molecular weight excluding hydrogens is 116 g/mol. The van der Waals surface area contributed by atoms with Crippen LogP contribution < -0.4 is 11.3 Å². The molecular formula is C6H16N2O. The Hall–Kier alpha value is -0.410. The molecule has 0 aromatic carbocycles. The smallest absolute Gasteiger partial charge is 0.147 e. The van der Waals surface area contributed by atoms with Gasteiger partial charge in [0.2, 0.25) is 0 Å². The number of hydrazine groups is 1. The maximum atomic E-state index is 10.2. The van der Waals surface area contributed by atoms with Gasteiger partial charge in [-0.25, -0.2) is 0 Å². The van der Waals surface area contributed by atoms with E-state index in [-0.39, 0.29) is 11.8 Å². The Morgan fingerprint density at radius 3 is 1.89 bits per heavy atom. The second kappa shape index (κ2) is 7.59. The maximum absolute atomic E-state index is 10.2. The Labute approximate surface area is 56.6 Å². The van der Waals surface area contributed by atoms with Crippen molar-refractivity contribution in [1.82, 2.24) is 5.43 Å². The van der Waals surface area contributed by atoms with Gasteiger partial charge in [0.25, 0.3) is 0 Å². The number of Topliss-reactive ketones (excluding diaryl/α,β-unsaturated/α-hetero) is 1. The standard InChI is InChI=1S/C4H10N2O.C2H6/c1-3(6-5)4(2)7;1-2/h3,6H,5H2,1-2H3;1-2H3. The van der Waals surface area contributed by atoms with E-state index in [2.05, 4.69) is 5.43 Å². The molecule has 0 aliphatic rings. The van der Waals surface area contributed by atoms with E-state index in [1.54, 1.807) is 6.92 Å². The van der Waals surface area contributed by atoms with Crippen LogP contribution in [-0.2, 0) is 4.79 Å². The maximum Gasteiger partial charge on any atom is 0.147 e. The summed E-state index contributed by atoms with van der Waals surface area (Å²) in [5.74, 6) is 4.96. The molecule has 0 heterocycles. The largest absolute Gasteiger partial charge is 0.298 e. The minimum Gasteiger partial charge on any atom is -0.298 e. The van der Waals surface area contributed by atoms with Gasteiger partial charge in [-0.1, -0.05) is 13.8 Å². The Kier molecular flexibility index (Phi) is 9.61. The van der Waals surface area contributed by atoms with Crippen molar-refractivity contribution in [3.8, 4) is 0 Å². The van der Waals surface area contributed by atoms with E-state index in [0.29, 0.717) is 0 Å². The van der Waals surface area contributed by atoms with Crippen LogP contribution in [0.1, 0.15) is 27.7 Å². The van der Waals surface area contributed by atoms with Gasteiger partial charge in [-0.2, -0.15) is 0 Å². The van der Waals surface area contributed by atoms with Crippen molar-refractivity contribution in [2.24, 2.45) is 5.84 Å². The number of carbonyl (C=O) groups is 1. The molecule has 9 heavy (non-hydrogen) atoms. The average molecular weight is 132 g/mol. The lowest BCUT2D eigenvalue weighted by Gasteiger charge is -2.01. The van der Waals surface area contributed by atoms with Gasteiger partial charge in [0.15, 0.2) is 0 Å². The van der Waals surface area contributed by atoms with Gasteiger partial charge in [-0.15, -0.1) is 0 Å². The molecule has 0 fully saturated rings. The summed E-state index contributed by atoms with van der Waals surface area (Å²) in [6, 6.07) is -0.208. The molecule has 0 radical (unpaired) electrons. The third-order valence-corrected chi connectivity index (χ3v) is 0.860. The summed E-state index contributed by atoms with van der Waals surface area (Å²) in [5, 5.41) is 0. The van der Waals surface area contributed by atoms with Gasteiger partial charge >= 0.3 is 0 Å². The Balaban J connectivity index is 0. The van der Waals surface area contributed by atoms with E-state index in [4.69, 9.17) is 5.84 Å². The minimum atomic E-state index is -0.208. The molecule has 3 heteroatoms. The fraction of sp³-hybridized carbons (Fsp3) is 0.833. The van der Waals surface area contributed by atoms with E-state index in [9.17, 15) is 4.79 Å². The molecule has 0 saturated carbocycles. The third-order valence-electron chi connectivity index (χ3n) is 0.860. The number of nitrogens with two attached hydrogens (primary N) is 1. The summed E-state index contributed by atoms with van der Waals surface area (Å²) in [5.41, 5.74) is 2.31. The zero-order chi connectivity index (χ0) is 7.86. The van der Waals surface area contributed by atoms with Crippen molar-refractivity contribution in [1.29, 1.82) is 0 Å². The Morgan fingerprint density at radius 1 is 1.56 bits per heavy atom. The third kappa shape index (κ3) is 7.59. The fourth-order valence-corrected chi connectivity index (χ4v) is 0.117. The van der Waals surface area contributed by atoms with Crippen molar-refractivity contribution in [2.75, 3.05) is 0 Å². The molecule has 0 aromatic heterocycles. The van der Waals surface area contributed by atoms with Crippen LogP contribution in [0, 0.1) is 0 Å². The van der Waals surface area contributed by atoms with Gasteiger partial charge in [-0.05, 0) is 13.8 Å². The first-order valence-electron chi connectivity index (χ1n) is 3.15. The number of ketones is 1. The first-order chi connectivity index (χ1) is 4.18. The predicted octanol–water partition coefficient (Wildman–Crippen LogP) is 0.453. The number of carbonyl (C=O) groups excluding carboxylic acids is 1. The van der Waals surface area contributed by atoms with Gasteiger partial charge in [-0.3, -0.25) is 16.1 Å². The van der Waals surface area contributed by atoms with Gasteiger partial charge in [0.1, 0.15) is 5.78 Å². The Morgan fingerprint density at radius 2 is 1.89 bits per heavy atom. The molecule has 0 amide bonds. The zero-order valence-electron chi connectivity index (χ0n) is 6.56. The highest BCUT2D eigenvalue weighted by molar-refractivity contribution is 5.80. The highest BCUT2D eigenvalue weighted by Crippen LogP contribution is 1.76. The number of nitrogens with one attached hydrogen (secondary N) is 1. The van der Waals surface area contributed by atoms with Crippen molar-refractivity contribution in [2.45, 2.75) is 33.7 Å². The molecule has 0 aliphatic heterocycles. The molecule has 1 atom stereocenters. The molecule has 0 bridgehead atoms. The molecule has 1 unspecified atom stereocenters. The lowest BCUT2D eigenvalue weighted by atomic mass is 10.3. The molecule has 0 aromatic rings. The van der Waals surface area contributed by atoms with Crippen molar-refractivity contribution < 1.29 is 4.79 Å². The molecule has 0 saturated heterocycles. The quantitative estimate of drug-likeness (QED) is 0.424. The van der Waals surface area contributed by atoms with E-state index < -0.39 is 0 Å². The van der Waals surface area contributed by atoms with Crippen LogP contribution in [-0.4, -0.2) is 11.8 Å². The number of rotatable bonds is 2. The lowest BCUT2D eigenvalue weighted by Crippen LogP contribution is -2.37. The highest BCUT2D eigenvalue weighted by atomic mass is 16.1. The second-order valence-corrected chi connectivity index (χ2v) is 1.50. The van der Waals surface area contributed by atoms with Crippen LogP contribution in [0.2, 0.25) is 0 Å². The van der Waals surface area contributed by atoms with Crippen LogP contribution >= 0.6 is 0 Å². The number of hydrogen-bond donors (Lipinski definition) is 2.